The van der Waals surface area contributed by atoms with E-state index in [1.165, 1.54) is 13.8 Å². The largest absolute Gasteiger partial charge is 0.544 e. The van der Waals surface area contributed by atoms with Crippen molar-refractivity contribution in [2.45, 2.75) is 105 Å². The number of hydrogen-bond acceptors (Lipinski definition) is 5. The number of halogens is 2. The monoisotopic (exact) mass is 455 g/mol. The minimum Gasteiger partial charge on any atom is -0.544 e. The van der Waals surface area contributed by atoms with Gasteiger partial charge in [0.05, 0.1) is 5.56 Å². The molecule has 0 fully saturated rings. The number of rotatable bonds is 6. The van der Waals surface area contributed by atoms with Crippen molar-refractivity contribution in [1.29, 1.82) is 0 Å². The minimum absolute atomic E-state index is 0.0564. The summed E-state index contributed by atoms with van der Waals surface area (Å²) in [5.41, 5.74) is 0.105. The molecule has 1 atom stereocenters. The van der Waals surface area contributed by atoms with Gasteiger partial charge in [-0.2, -0.15) is 8.78 Å². The molecule has 7 heteroatoms. The van der Waals surface area contributed by atoms with Crippen LogP contribution in [0.3, 0.4) is 0 Å². The number of esters is 1. The van der Waals surface area contributed by atoms with Gasteiger partial charge in [-0.05, 0) is 49.7 Å². The average Bonchev–Trinajstić information content (AvgIpc) is 2.55. The molecule has 0 N–H and O–H groups in total. The van der Waals surface area contributed by atoms with Gasteiger partial charge in [0.2, 0.25) is 0 Å². The van der Waals surface area contributed by atoms with Crippen LogP contribution in [-0.4, -0.2) is 29.6 Å². The zero-order chi connectivity index (χ0) is 25.4. The molecule has 1 aromatic rings. The molecule has 0 spiro atoms. The quantitative estimate of drug-likeness (QED) is 0.563. The summed E-state index contributed by atoms with van der Waals surface area (Å²) in [7, 11) is 0. The van der Waals surface area contributed by atoms with Gasteiger partial charge in [-0.25, -0.2) is 4.79 Å². The third kappa shape index (κ3) is 6.66. The summed E-state index contributed by atoms with van der Waals surface area (Å²) in [6, 6.07) is 3.15. The number of carbonyl (C=O) groups excluding carboxylic acids is 2. The Bertz CT molecular complexity index is 818. The second-order valence-electron chi connectivity index (χ2n) is 11.6. The number of aliphatic carboxylic acids is 1. The Morgan fingerprint density at radius 2 is 1.28 bits per heavy atom. The van der Waals surface area contributed by atoms with E-state index in [9.17, 15) is 23.5 Å². The topological polar surface area (TPSA) is 75.7 Å². The highest BCUT2D eigenvalue weighted by molar-refractivity contribution is 5.91. The van der Waals surface area contributed by atoms with Gasteiger partial charge in [0.15, 0.2) is 6.10 Å². The predicted octanol–water partition coefficient (Wildman–Crippen LogP) is 5.03. The molecule has 0 saturated heterocycles. The van der Waals surface area contributed by atoms with Crippen LogP contribution in [0.5, 0.6) is 5.75 Å². The summed E-state index contributed by atoms with van der Waals surface area (Å²) in [6.07, 6.45) is -2.17. The van der Waals surface area contributed by atoms with Gasteiger partial charge in [0, 0.05) is 11.1 Å². The van der Waals surface area contributed by atoms with Gasteiger partial charge in [-0.3, -0.25) is 0 Å². The van der Waals surface area contributed by atoms with Crippen LogP contribution >= 0.6 is 0 Å². The van der Waals surface area contributed by atoms with Crippen LogP contribution in [0.2, 0.25) is 0 Å². The summed E-state index contributed by atoms with van der Waals surface area (Å²) in [5.74, 6) is -8.24. The van der Waals surface area contributed by atoms with E-state index in [1.807, 2.05) is 62.3 Å². The van der Waals surface area contributed by atoms with E-state index in [0.717, 1.165) is 11.1 Å². The SMILES string of the molecule is CC(C)C(OC(=O)c1cc(C(C)(C)C)c(OC(C)(C)C)c(C(C)(C)C)c1)C(F)(F)C(=O)[O-]. The van der Waals surface area contributed by atoms with E-state index >= 15 is 0 Å². The van der Waals surface area contributed by atoms with Crippen molar-refractivity contribution in [1.82, 2.24) is 0 Å². The lowest BCUT2D eigenvalue weighted by atomic mass is 9.78. The Kier molecular flexibility index (Phi) is 7.82. The number of carboxylic acid groups (broad SMARTS) is 1. The number of carboxylic acids is 1. The van der Waals surface area contributed by atoms with Crippen molar-refractivity contribution in [2.24, 2.45) is 5.92 Å². The first-order valence-electron chi connectivity index (χ1n) is 10.8. The van der Waals surface area contributed by atoms with Gasteiger partial charge in [-0.15, -0.1) is 0 Å². The smallest absolute Gasteiger partial charge is 0.338 e. The van der Waals surface area contributed by atoms with Crippen LogP contribution < -0.4 is 9.84 Å². The normalized spacial score (nSPS) is 14.3. The van der Waals surface area contributed by atoms with Gasteiger partial charge >= 0.3 is 11.9 Å². The van der Waals surface area contributed by atoms with Crippen LogP contribution in [0.4, 0.5) is 8.78 Å². The predicted molar refractivity (Wildman–Crippen MR) is 118 cm³/mol. The van der Waals surface area contributed by atoms with Crippen LogP contribution in [0.15, 0.2) is 12.1 Å². The Morgan fingerprint density at radius 3 is 1.56 bits per heavy atom. The molecule has 0 bridgehead atoms. The van der Waals surface area contributed by atoms with Crippen molar-refractivity contribution in [3.63, 3.8) is 0 Å². The molecule has 182 valence electrons. The van der Waals surface area contributed by atoms with Crippen LogP contribution in [-0.2, 0) is 20.4 Å². The summed E-state index contributed by atoms with van der Waals surface area (Å²) in [4.78, 5) is 23.9. The summed E-state index contributed by atoms with van der Waals surface area (Å²) < 4.78 is 39.7. The van der Waals surface area contributed by atoms with Crippen LogP contribution in [0.25, 0.3) is 0 Å². The lowest BCUT2D eigenvalue weighted by Gasteiger charge is -2.34. The van der Waals surface area contributed by atoms with Gasteiger partial charge in [0.1, 0.15) is 17.3 Å². The Balaban J connectivity index is 3.71. The van der Waals surface area contributed by atoms with Crippen molar-refractivity contribution >= 4 is 11.9 Å². The fraction of sp³-hybridized carbons (Fsp3) is 0.680. The maximum atomic E-state index is 14.2. The van der Waals surface area contributed by atoms with E-state index in [4.69, 9.17) is 9.47 Å². The number of alkyl halides is 2. The molecule has 0 saturated carbocycles. The molecule has 1 unspecified atom stereocenters. The van der Waals surface area contributed by atoms with Crippen molar-refractivity contribution in [3.8, 4) is 5.75 Å². The number of ether oxygens (including phenoxy) is 2. The fourth-order valence-electron chi connectivity index (χ4n) is 3.21. The first-order valence-corrected chi connectivity index (χ1v) is 10.8. The Labute approximate surface area is 190 Å². The summed E-state index contributed by atoms with van der Waals surface area (Å²) in [5, 5.41) is 11.0. The molecule has 0 amide bonds. The minimum atomic E-state index is -4.32. The van der Waals surface area contributed by atoms with Crippen molar-refractivity contribution < 1.29 is 33.0 Å². The second kappa shape index (κ2) is 8.99. The van der Waals surface area contributed by atoms with Crippen LogP contribution in [0.1, 0.15) is 97.6 Å². The number of benzene rings is 1. The highest BCUT2D eigenvalue weighted by Crippen LogP contribution is 2.42. The molecule has 0 heterocycles. The summed E-state index contributed by atoms with van der Waals surface area (Å²) in [6.45, 7) is 20.2. The molecule has 0 radical (unpaired) electrons. The summed E-state index contributed by atoms with van der Waals surface area (Å²) >= 11 is 0. The van der Waals surface area contributed by atoms with Crippen molar-refractivity contribution in [2.75, 3.05) is 0 Å². The molecular weight excluding hydrogens is 418 g/mol. The first-order chi connectivity index (χ1) is 14.1. The Morgan fingerprint density at radius 1 is 0.875 bits per heavy atom. The van der Waals surface area contributed by atoms with E-state index in [2.05, 4.69) is 0 Å². The average molecular weight is 456 g/mol. The Hall–Kier alpha value is -2.18. The van der Waals surface area contributed by atoms with Crippen molar-refractivity contribution in [3.05, 3.63) is 28.8 Å². The molecular formula is C25H37F2O5-. The van der Waals surface area contributed by atoms with E-state index in [-0.39, 0.29) is 5.56 Å². The van der Waals surface area contributed by atoms with Crippen LogP contribution in [0, 0.1) is 5.92 Å². The lowest BCUT2D eigenvalue weighted by Crippen LogP contribution is -2.53. The molecule has 0 aromatic heterocycles. The zero-order valence-corrected chi connectivity index (χ0v) is 21.1. The molecule has 5 nitrogen and oxygen atoms in total. The molecule has 32 heavy (non-hydrogen) atoms. The second-order valence-corrected chi connectivity index (χ2v) is 11.6. The highest BCUT2D eigenvalue weighted by Gasteiger charge is 2.46. The standard InChI is InChI=1S/C25H38F2O5/c1-14(2)19(25(26,27)21(29)30)31-20(28)15-12-16(22(3,4)5)18(32-24(9,10)11)17(13-15)23(6,7)8/h12-14,19H,1-11H3,(H,29,30)/p-1. The third-order valence-electron chi connectivity index (χ3n) is 4.82. The van der Waals surface area contributed by atoms with E-state index in [1.54, 1.807) is 12.1 Å². The van der Waals surface area contributed by atoms with Gasteiger partial charge in [-0.1, -0.05) is 55.4 Å². The molecule has 1 aromatic carbocycles. The first kappa shape index (κ1) is 27.9. The van der Waals surface area contributed by atoms with Gasteiger partial charge in [0.25, 0.3) is 0 Å². The van der Waals surface area contributed by atoms with E-state index < -0.39 is 46.3 Å². The molecule has 0 aliphatic carbocycles. The molecule has 1 rings (SSSR count). The lowest BCUT2D eigenvalue weighted by molar-refractivity contribution is -0.337. The fourth-order valence-corrected chi connectivity index (χ4v) is 3.21. The zero-order valence-electron chi connectivity index (χ0n) is 21.1. The maximum Gasteiger partial charge on any atom is 0.338 e. The third-order valence-corrected chi connectivity index (χ3v) is 4.82. The highest BCUT2D eigenvalue weighted by atomic mass is 19.3. The number of hydrogen-bond donors (Lipinski definition) is 0. The van der Waals surface area contributed by atoms with E-state index in [0.29, 0.717) is 5.75 Å². The maximum absolute atomic E-state index is 14.2. The number of carbonyl (C=O) groups is 2. The molecule has 0 aliphatic heterocycles. The van der Waals surface area contributed by atoms with Gasteiger partial charge < -0.3 is 19.4 Å². The molecule has 0 aliphatic rings.